The summed E-state index contributed by atoms with van der Waals surface area (Å²) in [6.07, 6.45) is 90.6. The number of esters is 2. The first-order valence-electron chi connectivity index (χ1n) is 35.6. The SMILES string of the molecule is CC/C=C\C/C=C\C/C=C\C/C=C\C/C=C\C/C=C\C/C=C\C/C=C\C/C=C\CCCCCCCCCCCCCC(=O)OC(COC(=O)CCCCCCCCCCCCCCCCCCCCCCCC)COC(OCC[N+](C)(C)C)C(=O)O. The highest BCUT2D eigenvalue weighted by Crippen LogP contribution is 2.18. The fourth-order valence-electron chi connectivity index (χ4n) is 9.89. The van der Waals surface area contributed by atoms with Gasteiger partial charge in [0.1, 0.15) is 13.2 Å². The van der Waals surface area contributed by atoms with Gasteiger partial charge in [0.25, 0.3) is 6.29 Å². The number of hydrogen-bond acceptors (Lipinski definition) is 7. The van der Waals surface area contributed by atoms with E-state index < -0.39 is 24.3 Å². The zero-order valence-electron chi connectivity index (χ0n) is 56.4. The molecule has 2 atom stereocenters. The number of ether oxygens (including phenoxy) is 4. The molecule has 0 aliphatic carbocycles. The van der Waals surface area contributed by atoms with Crippen LogP contribution in [0.3, 0.4) is 0 Å². The van der Waals surface area contributed by atoms with Gasteiger partial charge in [0.15, 0.2) is 6.10 Å². The second-order valence-corrected chi connectivity index (χ2v) is 24.8. The predicted molar refractivity (Wildman–Crippen MR) is 368 cm³/mol. The van der Waals surface area contributed by atoms with E-state index in [-0.39, 0.29) is 32.2 Å². The summed E-state index contributed by atoms with van der Waals surface area (Å²) in [6, 6.07) is 0. The van der Waals surface area contributed by atoms with Gasteiger partial charge in [-0.3, -0.25) is 9.59 Å². The number of allylic oxidation sites excluding steroid dienone is 18. The van der Waals surface area contributed by atoms with Crippen molar-refractivity contribution in [2.24, 2.45) is 0 Å². The molecule has 86 heavy (non-hydrogen) atoms. The van der Waals surface area contributed by atoms with Gasteiger partial charge in [-0.1, -0.05) is 316 Å². The van der Waals surface area contributed by atoms with Gasteiger partial charge in [-0.15, -0.1) is 0 Å². The van der Waals surface area contributed by atoms with Gasteiger partial charge in [0.2, 0.25) is 0 Å². The van der Waals surface area contributed by atoms with E-state index in [1.165, 1.54) is 167 Å². The Morgan fingerprint density at radius 1 is 0.360 bits per heavy atom. The van der Waals surface area contributed by atoms with Crippen LogP contribution in [0.15, 0.2) is 109 Å². The first kappa shape index (κ1) is 82.0. The fraction of sp³-hybridized carbons (Fsp3) is 0.727. The average molecular weight is 1200 g/mol. The molecule has 0 fully saturated rings. The van der Waals surface area contributed by atoms with Crippen LogP contribution in [-0.2, 0) is 33.3 Å². The summed E-state index contributed by atoms with van der Waals surface area (Å²) < 4.78 is 23.0. The third-order valence-electron chi connectivity index (χ3n) is 15.3. The van der Waals surface area contributed by atoms with Crippen molar-refractivity contribution in [2.75, 3.05) is 47.5 Å². The molecule has 0 aromatic rings. The Balaban J connectivity index is 4.12. The molecule has 0 radical (unpaired) electrons. The zero-order valence-corrected chi connectivity index (χ0v) is 56.4. The number of carboxylic acid groups (broad SMARTS) is 1. The van der Waals surface area contributed by atoms with Gasteiger partial charge >= 0.3 is 17.9 Å². The van der Waals surface area contributed by atoms with Crippen molar-refractivity contribution in [1.82, 2.24) is 0 Å². The molecule has 0 bridgehead atoms. The van der Waals surface area contributed by atoms with E-state index in [0.29, 0.717) is 23.9 Å². The van der Waals surface area contributed by atoms with Gasteiger partial charge < -0.3 is 28.5 Å². The summed E-state index contributed by atoms with van der Waals surface area (Å²) in [4.78, 5) is 37.6. The third kappa shape index (κ3) is 67.5. The average Bonchev–Trinajstić information content (AvgIpc) is 3.63. The second kappa shape index (κ2) is 66.9. The fourth-order valence-corrected chi connectivity index (χ4v) is 9.89. The molecule has 0 saturated heterocycles. The van der Waals surface area contributed by atoms with Gasteiger partial charge in [0.05, 0.1) is 34.4 Å². The standard InChI is InChI=1S/C77H133NO8/c1-6-8-10-12-14-16-18-20-22-24-26-28-30-31-32-33-34-35-36-37-38-39-40-41-42-43-44-45-46-48-50-52-54-56-58-60-62-64-66-68-75(80)86-73(72-85-77(76(81)82)83-70-69-78(3,4)5)71-84-74(79)67-65-63-61-59-57-55-53-51-49-47-29-27-25-23-21-19-17-15-13-11-9-7-2/h8,10,14,16,20,22,26,28,31-32,34-35,37-38,40-41,43-44,73,77H,6-7,9,11-13,15,17-19,21,23-25,27,29-30,33,36,39,42,45-72H2,1-5H3/p+1/b10-8-,16-14-,22-20-,28-26-,32-31-,35-34-,38-37-,41-40-,44-43-. The molecule has 9 heteroatoms. The Kier molecular flexibility index (Phi) is 63.7. The largest absolute Gasteiger partial charge is 0.477 e. The van der Waals surface area contributed by atoms with Crippen molar-refractivity contribution in [3.63, 3.8) is 0 Å². The molecule has 0 saturated carbocycles. The maximum Gasteiger partial charge on any atom is 0.361 e. The smallest absolute Gasteiger partial charge is 0.361 e. The molecule has 0 heterocycles. The predicted octanol–water partition coefficient (Wildman–Crippen LogP) is 22.2. The van der Waals surface area contributed by atoms with Crippen LogP contribution in [0, 0.1) is 0 Å². The Hall–Kier alpha value is -4.05. The Labute approximate surface area is 530 Å². The minimum atomic E-state index is -1.51. The second-order valence-electron chi connectivity index (χ2n) is 24.8. The maximum absolute atomic E-state index is 12.9. The first-order valence-corrected chi connectivity index (χ1v) is 35.6. The lowest BCUT2D eigenvalue weighted by Gasteiger charge is -2.25. The Morgan fingerprint density at radius 2 is 0.663 bits per heavy atom. The van der Waals surface area contributed by atoms with Gasteiger partial charge in [-0.05, 0) is 83.5 Å². The molecule has 9 nitrogen and oxygen atoms in total. The van der Waals surface area contributed by atoms with Crippen LogP contribution in [0.1, 0.15) is 303 Å². The molecule has 0 aliphatic rings. The highest BCUT2D eigenvalue weighted by molar-refractivity contribution is 5.71. The summed E-state index contributed by atoms with van der Waals surface area (Å²) in [5, 5.41) is 9.75. The molecule has 0 rings (SSSR count). The summed E-state index contributed by atoms with van der Waals surface area (Å²) in [7, 11) is 5.98. The van der Waals surface area contributed by atoms with Crippen LogP contribution >= 0.6 is 0 Å². The van der Waals surface area contributed by atoms with Gasteiger partial charge in [-0.25, -0.2) is 4.79 Å². The van der Waals surface area contributed by atoms with Crippen LogP contribution in [0.2, 0.25) is 0 Å². The van der Waals surface area contributed by atoms with E-state index in [1.54, 1.807) is 0 Å². The number of aliphatic carboxylic acids is 1. The monoisotopic (exact) mass is 1200 g/mol. The van der Waals surface area contributed by atoms with Crippen LogP contribution < -0.4 is 0 Å². The molecule has 2 unspecified atom stereocenters. The van der Waals surface area contributed by atoms with E-state index in [2.05, 4.69) is 123 Å². The number of hydrogen-bond donors (Lipinski definition) is 1. The summed E-state index contributed by atoms with van der Waals surface area (Å²) in [5.41, 5.74) is 0. The number of quaternary nitrogens is 1. The number of rotatable bonds is 65. The lowest BCUT2D eigenvalue weighted by Crippen LogP contribution is -2.40. The first-order chi connectivity index (χ1) is 42.1. The number of carboxylic acids is 1. The molecule has 0 aromatic carbocycles. The molecule has 0 amide bonds. The number of unbranched alkanes of at least 4 members (excludes halogenated alkanes) is 32. The maximum atomic E-state index is 12.9. The Morgan fingerprint density at radius 3 is 0.988 bits per heavy atom. The lowest BCUT2D eigenvalue weighted by molar-refractivity contribution is -0.870. The van der Waals surface area contributed by atoms with E-state index in [9.17, 15) is 19.5 Å². The number of carbonyl (C=O) groups is 3. The van der Waals surface area contributed by atoms with E-state index >= 15 is 0 Å². The number of nitrogens with zero attached hydrogens (tertiary/aromatic N) is 1. The lowest BCUT2D eigenvalue weighted by atomic mass is 10.0. The van der Waals surface area contributed by atoms with Gasteiger partial charge in [0, 0.05) is 12.8 Å². The minimum Gasteiger partial charge on any atom is -0.477 e. The third-order valence-corrected chi connectivity index (χ3v) is 15.3. The zero-order chi connectivity index (χ0) is 62.6. The van der Waals surface area contributed by atoms with Crippen molar-refractivity contribution < 1.29 is 42.9 Å². The van der Waals surface area contributed by atoms with Crippen molar-refractivity contribution in [3.05, 3.63) is 109 Å². The van der Waals surface area contributed by atoms with Crippen LogP contribution in [0.5, 0.6) is 0 Å². The topological polar surface area (TPSA) is 108 Å². The summed E-state index contributed by atoms with van der Waals surface area (Å²) >= 11 is 0. The normalized spacial score (nSPS) is 13.4. The molecule has 0 aliphatic heterocycles. The van der Waals surface area contributed by atoms with Gasteiger partial charge in [-0.2, -0.15) is 0 Å². The van der Waals surface area contributed by atoms with Crippen LogP contribution in [0.25, 0.3) is 0 Å². The van der Waals surface area contributed by atoms with Crippen LogP contribution in [0.4, 0.5) is 0 Å². The molecule has 1 N–H and O–H groups in total. The number of carbonyl (C=O) groups excluding carboxylic acids is 2. The summed E-state index contributed by atoms with van der Waals surface area (Å²) in [6.45, 7) is 4.79. The van der Waals surface area contributed by atoms with Crippen LogP contribution in [-0.4, -0.2) is 87.4 Å². The summed E-state index contributed by atoms with van der Waals surface area (Å²) in [5.74, 6) is -2.00. The molecular weight excluding hydrogens is 1070 g/mol. The van der Waals surface area contributed by atoms with Crippen molar-refractivity contribution in [3.8, 4) is 0 Å². The van der Waals surface area contributed by atoms with E-state index in [4.69, 9.17) is 18.9 Å². The quantitative estimate of drug-likeness (QED) is 0.0211. The highest BCUT2D eigenvalue weighted by atomic mass is 16.7. The van der Waals surface area contributed by atoms with Crippen molar-refractivity contribution >= 4 is 17.9 Å². The number of likely N-dealkylation sites (N-methyl/N-ethyl adjacent to an activating group) is 1. The minimum absolute atomic E-state index is 0.184. The molecular formula is C77H134NO8+. The molecule has 494 valence electrons. The van der Waals surface area contributed by atoms with E-state index in [0.717, 1.165) is 103 Å². The highest BCUT2D eigenvalue weighted by Gasteiger charge is 2.25. The van der Waals surface area contributed by atoms with Crippen molar-refractivity contribution in [1.29, 1.82) is 0 Å². The van der Waals surface area contributed by atoms with Crippen molar-refractivity contribution in [2.45, 2.75) is 315 Å². The van der Waals surface area contributed by atoms with E-state index in [1.807, 2.05) is 21.1 Å². The molecule has 0 aromatic heterocycles. The molecule has 0 spiro atoms. The Bertz CT molecular complexity index is 1780.